The molecule has 3 nitrogen and oxygen atoms in total. The number of rotatable bonds is 8. The number of carbonyl (C=O) groups excluding carboxylic acids is 1. The summed E-state index contributed by atoms with van der Waals surface area (Å²) in [6.45, 7) is 0. The molecule has 0 N–H and O–H groups in total. The third kappa shape index (κ3) is 5.88. The van der Waals surface area contributed by atoms with Crippen molar-refractivity contribution in [3.63, 3.8) is 0 Å². The van der Waals surface area contributed by atoms with E-state index in [2.05, 4.69) is 17.1 Å². The zero-order valence-electron chi connectivity index (χ0n) is 12.6. The first-order valence-electron chi connectivity index (χ1n) is 7.52. The minimum absolute atomic E-state index is 0.153. The van der Waals surface area contributed by atoms with E-state index in [1.165, 1.54) is 5.56 Å². The van der Waals surface area contributed by atoms with Crippen LogP contribution in [0, 0.1) is 0 Å². The van der Waals surface area contributed by atoms with Crippen molar-refractivity contribution < 1.29 is 22.4 Å². The SMILES string of the molecule is O=C(CCCCCc1ccccc1)Cc1nc(C(F)(F)F)co1. The second kappa shape index (κ2) is 7.94. The Morgan fingerprint density at radius 2 is 1.83 bits per heavy atom. The highest BCUT2D eigenvalue weighted by atomic mass is 19.4. The Morgan fingerprint density at radius 1 is 1.09 bits per heavy atom. The van der Waals surface area contributed by atoms with E-state index in [0.29, 0.717) is 12.7 Å². The molecular formula is C17H18F3NO2. The van der Waals surface area contributed by atoms with Crippen LogP contribution < -0.4 is 0 Å². The van der Waals surface area contributed by atoms with Crippen molar-refractivity contribution in [2.24, 2.45) is 0 Å². The maximum absolute atomic E-state index is 12.4. The quantitative estimate of drug-likeness (QED) is 0.666. The fraction of sp³-hybridized carbons (Fsp3) is 0.412. The number of unbranched alkanes of at least 4 members (excludes halogenated alkanes) is 2. The normalized spacial score (nSPS) is 11.6. The number of ketones is 1. The molecular weight excluding hydrogens is 307 g/mol. The number of nitrogens with zero attached hydrogens (tertiary/aromatic N) is 1. The summed E-state index contributed by atoms with van der Waals surface area (Å²) in [6, 6.07) is 10.1. The predicted molar refractivity (Wildman–Crippen MR) is 78.8 cm³/mol. The second-order valence-electron chi connectivity index (χ2n) is 5.39. The van der Waals surface area contributed by atoms with E-state index >= 15 is 0 Å². The summed E-state index contributed by atoms with van der Waals surface area (Å²) >= 11 is 0. The number of benzene rings is 1. The Labute approximate surface area is 132 Å². The fourth-order valence-corrected chi connectivity index (χ4v) is 2.25. The summed E-state index contributed by atoms with van der Waals surface area (Å²) in [5.74, 6) is -0.327. The lowest BCUT2D eigenvalue weighted by Crippen LogP contribution is -2.07. The number of halogens is 3. The highest BCUT2D eigenvalue weighted by Gasteiger charge is 2.34. The van der Waals surface area contributed by atoms with E-state index in [0.717, 1.165) is 25.7 Å². The molecule has 0 amide bonds. The minimum Gasteiger partial charge on any atom is -0.448 e. The Morgan fingerprint density at radius 3 is 2.48 bits per heavy atom. The van der Waals surface area contributed by atoms with Gasteiger partial charge in [-0.15, -0.1) is 0 Å². The van der Waals surface area contributed by atoms with Gasteiger partial charge in [0.1, 0.15) is 12.0 Å². The summed E-state index contributed by atoms with van der Waals surface area (Å²) in [4.78, 5) is 15.0. The molecule has 0 saturated heterocycles. The smallest absolute Gasteiger partial charge is 0.436 e. The van der Waals surface area contributed by atoms with Gasteiger partial charge in [0.15, 0.2) is 5.69 Å². The molecule has 0 atom stereocenters. The van der Waals surface area contributed by atoms with Crippen LogP contribution in [0.5, 0.6) is 0 Å². The van der Waals surface area contributed by atoms with Crippen molar-refractivity contribution in [3.05, 3.63) is 53.7 Å². The first-order valence-corrected chi connectivity index (χ1v) is 7.52. The van der Waals surface area contributed by atoms with E-state index in [-0.39, 0.29) is 18.1 Å². The van der Waals surface area contributed by atoms with Crippen LogP contribution in [0.15, 0.2) is 41.0 Å². The zero-order valence-corrected chi connectivity index (χ0v) is 12.6. The molecule has 0 aliphatic rings. The average Bonchev–Trinajstić information content (AvgIpc) is 2.96. The molecule has 1 aromatic heterocycles. The van der Waals surface area contributed by atoms with Crippen molar-refractivity contribution in [2.45, 2.75) is 44.7 Å². The van der Waals surface area contributed by atoms with Gasteiger partial charge in [-0.25, -0.2) is 4.98 Å². The summed E-state index contributed by atoms with van der Waals surface area (Å²) in [5, 5.41) is 0. The van der Waals surface area contributed by atoms with Crippen LogP contribution in [0.25, 0.3) is 0 Å². The zero-order chi connectivity index (χ0) is 16.7. The molecule has 0 aliphatic heterocycles. The van der Waals surface area contributed by atoms with Gasteiger partial charge in [0, 0.05) is 6.42 Å². The highest BCUT2D eigenvalue weighted by molar-refractivity contribution is 5.79. The minimum atomic E-state index is -4.54. The first kappa shape index (κ1) is 17.2. The van der Waals surface area contributed by atoms with E-state index in [1.54, 1.807) is 0 Å². The molecule has 6 heteroatoms. The van der Waals surface area contributed by atoms with Gasteiger partial charge in [0.2, 0.25) is 5.89 Å². The third-order valence-electron chi connectivity index (χ3n) is 3.45. The molecule has 0 aliphatic carbocycles. The summed E-state index contributed by atoms with van der Waals surface area (Å²) < 4.78 is 41.8. The number of carbonyl (C=O) groups is 1. The average molecular weight is 325 g/mol. The number of aryl methyl sites for hydroxylation is 1. The molecule has 1 heterocycles. The van der Waals surface area contributed by atoms with Gasteiger partial charge in [0.05, 0.1) is 6.42 Å². The summed E-state index contributed by atoms with van der Waals surface area (Å²) in [6.07, 6.45) is -0.283. The lowest BCUT2D eigenvalue weighted by molar-refractivity contribution is -0.141. The second-order valence-corrected chi connectivity index (χ2v) is 5.39. The van der Waals surface area contributed by atoms with E-state index in [4.69, 9.17) is 4.42 Å². The van der Waals surface area contributed by atoms with Gasteiger partial charge >= 0.3 is 6.18 Å². The van der Waals surface area contributed by atoms with Gasteiger partial charge in [-0.05, 0) is 24.8 Å². The van der Waals surface area contributed by atoms with Gasteiger partial charge in [0.25, 0.3) is 0 Å². The lowest BCUT2D eigenvalue weighted by Gasteiger charge is -2.01. The number of aromatic nitrogens is 1. The van der Waals surface area contributed by atoms with Crippen LogP contribution >= 0.6 is 0 Å². The maximum Gasteiger partial charge on any atom is 0.436 e. The molecule has 0 bridgehead atoms. The fourth-order valence-electron chi connectivity index (χ4n) is 2.25. The van der Waals surface area contributed by atoms with Crippen molar-refractivity contribution in [1.29, 1.82) is 0 Å². The van der Waals surface area contributed by atoms with Crippen molar-refractivity contribution in [3.8, 4) is 0 Å². The number of hydrogen-bond donors (Lipinski definition) is 0. The van der Waals surface area contributed by atoms with Gasteiger partial charge in [-0.3, -0.25) is 4.79 Å². The first-order chi connectivity index (χ1) is 10.9. The number of oxazole rings is 1. The van der Waals surface area contributed by atoms with E-state index in [1.807, 2.05) is 18.2 Å². The Balaban J connectivity index is 1.64. The van der Waals surface area contributed by atoms with Crippen LogP contribution in [0.4, 0.5) is 13.2 Å². The van der Waals surface area contributed by atoms with Crippen molar-refractivity contribution in [1.82, 2.24) is 4.98 Å². The van der Waals surface area contributed by atoms with Crippen LogP contribution in [0.3, 0.4) is 0 Å². The molecule has 0 radical (unpaired) electrons. The maximum atomic E-state index is 12.4. The van der Waals surface area contributed by atoms with Crippen molar-refractivity contribution >= 4 is 5.78 Å². The monoisotopic (exact) mass is 325 g/mol. The van der Waals surface area contributed by atoms with Crippen LogP contribution in [0.1, 0.15) is 42.8 Å². The number of alkyl halides is 3. The van der Waals surface area contributed by atoms with Crippen LogP contribution in [0.2, 0.25) is 0 Å². The summed E-state index contributed by atoms with van der Waals surface area (Å²) in [5.41, 5.74) is 0.168. The molecule has 0 unspecified atom stereocenters. The Hall–Kier alpha value is -2.11. The summed E-state index contributed by atoms with van der Waals surface area (Å²) in [7, 11) is 0. The molecule has 0 spiro atoms. The Bertz CT molecular complexity index is 620. The highest BCUT2D eigenvalue weighted by Crippen LogP contribution is 2.28. The van der Waals surface area contributed by atoms with E-state index in [9.17, 15) is 18.0 Å². The lowest BCUT2D eigenvalue weighted by atomic mass is 10.0. The molecule has 0 fully saturated rings. The predicted octanol–water partition coefficient (Wildman–Crippen LogP) is 4.61. The number of Topliss-reactive ketones (excluding diaryl/α,β-unsaturated/α-hetero) is 1. The van der Waals surface area contributed by atoms with Gasteiger partial charge < -0.3 is 4.42 Å². The topological polar surface area (TPSA) is 43.1 Å². The standard InChI is InChI=1S/C17H18F3NO2/c18-17(19,20)15-12-23-16(21-15)11-14(22)10-6-2-5-9-13-7-3-1-4-8-13/h1,3-4,7-8,12H,2,5-6,9-11H2. The van der Waals surface area contributed by atoms with Crippen LogP contribution in [-0.4, -0.2) is 10.8 Å². The molecule has 124 valence electrons. The molecule has 2 rings (SSSR count). The van der Waals surface area contributed by atoms with Gasteiger partial charge in [-0.1, -0.05) is 36.8 Å². The largest absolute Gasteiger partial charge is 0.448 e. The van der Waals surface area contributed by atoms with E-state index < -0.39 is 11.9 Å². The van der Waals surface area contributed by atoms with Gasteiger partial charge in [-0.2, -0.15) is 13.2 Å². The number of hydrogen-bond acceptors (Lipinski definition) is 3. The van der Waals surface area contributed by atoms with Crippen molar-refractivity contribution in [2.75, 3.05) is 0 Å². The molecule has 23 heavy (non-hydrogen) atoms. The molecule has 1 aromatic carbocycles. The molecule has 0 saturated carbocycles. The third-order valence-corrected chi connectivity index (χ3v) is 3.45. The molecule has 2 aromatic rings. The Kier molecular flexibility index (Phi) is 5.96. The van der Waals surface area contributed by atoms with Crippen LogP contribution in [-0.2, 0) is 23.8 Å².